The predicted molar refractivity (Wildman–Crippen MR) is 114 cm³/mol. The highest BCUT2D eigenvalue weighted by Crippen LogP contribution is 2.40. The summed E-state index contributed by atoms with van der Waals surface area (Å²) in [5.74, 6) is -3.28. The fourth-order valence-corrected chi connectivity index (χ4v) is 6.46. The van der Waals surface area contributed by atoms with Crippen molar-refractivity contribution in [2.45, 2.75) is 23.6 Å². The van der Waals surface area contributed by atoms with E-state index in [0.717, 1.165) is 18.3 Å². The van der Waals surface area contributed by atoms with Gasteiger partial charge in [0.1, 0.15) is 11.7 Å². The predicted octanol–water partition coefficient (Wildman–Crippen LogP) is 2.64. The molecule has 2 aliphatic heterocycles. The van der Waals surface area contributed by atoms with Crippen LogP contribution in [0.4, 0.5) is 14.5 Å². The first-order valence-corrected chi connectivity index (χ1v) is 11.6. The van der Waals surface area contributed by atoms with Gasteiger partial charge in [-0.2, -0.15) is 0 Å². The van der Waals surface area contributed by atoms with Crippen LogP contribution in [0.5, 0.6) is 0 Å². The van der Waals surface area contributed by atoms with Gasteiger partial charge in [-0.05, 0) is 37.6 Å². The lowest BCUT2D eigenvalue weighted by Gasteiger charge is -2.44. The molecule has 2 atom stereocenters. The lowest BCUT2D eigenvalue weighted by Crippen LogP contribution is -2.66. The number of hydrogen-bond donors (Lipinski definition) is 3. The van der Waals surface area contributed by atoms with E-state index >= 15 is 0 Å². The molecule has 12 heteroatoms. The van der Waals surface area contributed by atoms with E-state index in [2.05, 4.69) is 15.6 Å². The molecule has 8 nitrogen and oxygen atoms in total. The monoisotopic (exact) mass is 484 g/mol. The van der Waals surface area contributed by atoms with Crippen molar-refractivity contribution in [3.63, 3.8) is 0 Å². The molecule has 2 aromatic rings. The Hall–Kier alpha value is -2.63. The first-order valence-electron chi connectivity index (χ1n) is 9.57. The summed E-state index contributed by atoms with van der Waals surface area (Å²) in [5.41, 5.74) is -1.95. The van der Waals surface area contributed by atoms with Crippen LogP contribution in [0.15, 0.2) is 30.5 Å². The summed E-state index contributed by atoms with van der Waals surface area (Å²) in [4.78, 5) is 16.1. The van der Waals surface area contributed by atoms with Crippen molar-refractivity contribution in [2.24, 2.45) is 0 Å². The lowest BCUT2D eigenvalue weighted by atomic mass is 9.90. The fourth-order valence-electron chi connectivity index (χ4n) is 4.03. The molecule has 1 aromatic carbocycles. The molecule has 3 N–H and O–H groups in total. The summed E-state index contributed by atoms with van der Waals surface area (Å²) in [5, 5.41) is 13.7. The van der Waals surface area contributed by atoms with Crippen LogP contribution in [0.3, 0.4) is 0 Å². The Morgan fingerprint density at radius 2 is 2.06 bits per heavy atom. The van der Waals surface area contributed by atoms with Crippen LogP contribution in [0.25, 0.3) is 0 Å². The highest BCUT2D eigenvalue weighted by molar-refractivity contribution is 7.93. The third kappa shape index (κ3) is 3.63. The van der Waals surface area contributed by atoms with E-state index in [9.17, 15) is 22.0 Å². The van der Waals surface area contributed by atoms with Crippen LogP contribution in [0.1, 0.15) is 29.4 Å². The summed E-state index contributed by atoms with van der Waals surface area (Å²) in [6.45, 7) is 1.55. The number of hydrogen-bond acceptors (Lipinski definition) is 6. The Morgan fingerprint density at radius 1 is 1.31 bits per heavy atom. The molecule has 1 aromatic heterocycles. The van der Waals surface area contributed by atoms with Crippen LogP contribution in [0.2, 0.25) is 5.02 Å². The number of nitrogens with one attached hydrogen (secondary N) is 3. The number of carbonyl (C=O) groups excluding carboxylic acids is 1. The average Bonchev–Trinajstić information content (AvgIpc) is 3.19. The number of amides is 1. The number of amidine groups is 1. The van der Waals surface area contributed by atoms with Gasteiger partial charge < -0.3 is 15.4 Å². The Labute approximate surface area is 187 Å². The number of nitrogens with zero attached hydrogens (tertiary/aromatic N) is 1. The summed E-state index contributed by atoms with van der Waals surface area (Å²) in [7, 11) is -3.87. The second kappa shape index (κ2) is 7.75. The van der Waals surface area contributed by atoms with Crippen molar-refractivity contribution in [2.75, 3.05) is 24.3 Å². The van der Waals surface area contributed by atoms with Gasteiger partial charge in [-0.15, -0.1) is 0 Å². The zero-order valence-corrected chi connectivity index (χ0v) is 18.4. The molecule has 0 saturated carbocycles. The fraction of sp³-hybridized carbons (Fsp3) is 0.350. The minimum atomic E-state index is -3.87. The van der Waals surface area contributed by atoms with Crippen LogP contribution in [-0.2, 0) is 20.1 Å². The quantitative estimate of drug-likeness (QED) is 0.615. The topological polar surface area (TPSA) is 121 Å². The molecule has 2 aliphatic rings. The SMILES string of the molecule is C[C@@]1(c2cc(NC(=O)c3ncc(Cl)cc3F)ccc2F)CS(=O)(=O)[C@@]2(CCOC2)C(=N)N1. The van der Waals surface area contributed by atoms with Gasteiger partial charge in [0.2, 0.25) is 0 Å². The third-order valence-electron chi connectivity index (χ3n) is 5.76. The van der Waals surface area contributed by atoms with E-state index in [-0.39, 0.29) is 41.7 Å². The summed E-state index contributed by atoms with van der Waals surface area (Å²) in [6.07, 6.45) is 1.26. The summed E-state index contributed by atoms with van der Waals surface area (Å²) >= 11 is 5.64. The maximum atomic E-state index is 14.8. The molecule has 2 fully saturated rings. The smallest absolute Gasteiger partial charge is 0.277 e. The maximum absolute atomic E-state index is 14.8. The van der Waals surface area contributed by atoms with Gasteiger partial charge in [0, 0.05) is 24.1 Å². The van der Waals surface area contributed by atoms with Crippen molar-refractivity contribution in [3.05, 3.63) is 58.4 Å². The first kappa shape index (κ1) is 22.6. The second-order valence-corrected chi connectivity index (χ2v) is 10.8. The zero-order valence-electron chi connectivity index (χ0n) is 16.8. The van der Waals surface area contributed by atoms with Crippen LogP contribution in [0, 0.1) is 17.0 Å². The second-order valence-electron chi connectivity index (χ2n) is 8.02. The average molecular weight is 485 g/mol. The van der Waals surface area contributed by atoms with Crippen molar-refractivity contribution < 1.29 is 26.7 Å². The maximum Gasteiger partial charge on any atom is 0.277 e. The number of aromatic nitrogens is 1. The first-order chi connectivity index (χ1) is 15.0. The molecule has 1 amide bonds. The lowest BCUT2D eigenvalue weighted by molar-refractivity contribution is 0.101. The molecule has 3 heterocycles. The van der Waals surface area contributed by atoms with Crippen LogP contribution in [-0.4, -0.2) is 48.9 Å². The molecule has 32 heavy (non-hydrogen) atoms. The van der Waals surface area contributed by atoms with E-state index in [4.69, 9.17) is 21.7 Å². The molecule has 0 bridgehead atoms. The van der Waals surface area contributed by atoms with Gasteiger partial charge >= 0.3 is 0 Å². The van der Waals surface area contributed by atoms with E-state index in [0.29, 0.717) is 0 Å². The highest BCUT2D eigenvalue weighted by atomic mass is 35.5. The molecule has 0 aliphatic carbocycles. The van der Waals surface area contributed by atoms with E-state index < -0.39 is 49.1 Å². The van der Waals surface area contributed by atoms with Gasteiger partial charge in [-0.3, -0.25) is 10.2 Å². The van der Waals surface area contributed by atoms with Crippen molar-refractivity contribution in [1.29, 1.82) is 5.41 Å². The van der Waals surface area contributed by atoms with Gasteiger partial charge in [-0.25, -0.2) is 22.2 Å². The minimum absolute atomic E-state index is 0.0218. The molecule has 1 spiro atoms. The largest absolute Gasteiger partial charge is 0.379 e. The Bertz CT molecular complexity index is 1230. The summed E-state index contributed by atoms with van der Waals surface area (Å²) < 4.78 is 58.8. The normalized spacial score (nSPS) is 26.7. The van der Waals surface area contributed by atoms with Gasteiger partial charge in [-0.1, -0.05) is 11.6 Å². The van der Waals surface area contributed by atoms with Crippen molar-refractivity contribution in [1.82, 2.24) is 10.3 Å². The van der Waals surface area contributed by atoms with Gasteiger partial charge in [0.05, 0.1) is 22.9 Å². The number of pyridine rings is 1. The number of ether oxygens (including phenoxy) is 1. The Balaban J connectivity index is 1.65. The van der Waals surface area contributed by atoms with Crippen molar-refractivity contribution in [3.8, 4) is 0 Å². The van der Waals surface area contributed by atoms with E-state index in [1.165, 1.54) is 19.1 Å². The van der Waals surface area contributed by atoms with Crippen LogP contribution < -0.4 is 10.6 Å². The van der Waals surface area contributed by atoms with E-state index in [1.807, 2.05) is 0 Å². The minimum Gasteiger partial charge on any atom is -0.379 e. The number of benzene rings is 1. The summed E-state index contributed by atoms with van der Waals surface area (Å²) in [6, 6.07) is 4.50. The van der Waals surface area contributed by atoms with E-state index in [1.54, 1.807) is 0 Å². The molecular weight excluding hydrogens is 466 g/mol. The molecule has 0 radical (unpaired) electrons. The number of carbonyl (C=O) groups is 1. The number of sulfone groups is 1. The molecule has 4 rings (SSSR count). The van der Waals surface area contributed by atoms with Crippen molar-refractivity contribution >= 4 is 38.9 Å². The Kier molecular flexibility index (Phi) is 5.46. The zero-order chi connectivity index (χ0) is 23.3. The van der Waals surface area contributed by atoms with Crippen LogP contribution >= 0.6 is 11.6 Å². The third-order valence-corrected chi connectivity index (χ3v) is 8.64. The van der Waals surface area contributed by atoms with Gasteiger partial charge in [0.25, 0.3) is 5.91 Å². The molecular formula is C20H19ClF2N4O4S. The number of rotatable bonds is 3. The molecule has 2 saturated heterocycles. The van der Waals surface area contributed by atoms with Gasteiger partial charge in [0.15, 0.2) is 26.1 Å². The highest BCUT2D eigenvalue weighted by Gasteiger charge is 2.58. The number of halogens is 3. The molecule has 0 unspecified atom stereocenters. The standard InChI is InChI=1S/C20H19ClF2N4O4S/c1-19(10-32(29,30)20(18(24)27-19)4-5-31-9-20)13-7-12(2-3-14(13)22)26-17(28)16-15(23)6-11(21)8-25-16/h2-3,6-8H,4-5,9-10H2,1H3,(H2,24,27)(H,26,28)/t19-,20+/m0/s1. The molecule has 170 valence electrons. The number of anilines is 1. The Morgan fingerprint density at radius 3 is 2.69 bits per heavy atom.